The number of ether oxygens (including phenoxy) is 2. The summed E-state index contributed by atoms with van der Waals surface area (Å²) < 4.78 is 11.8. The van der Waals surface area contributed by atoms with Crippen LogP contribution < -0.4 is 5.32 Å². The lowest BCUT2D eigenvalue weighted by molar-refractivity contribution is -0.138. The molecule has 14 nitrogen and oxygen atoms in total. The number of benzene rings is 2. The highest BCUT2D eigenvalue weighted by molar-refractivity contribution is 7.25. The number of rotatable bonds is 8. The number of nitrogens with zero attached hydrogens (tertiary/aromatic N) is 5. The molecular weight excluding hydrogens is 709 g/mol. The number of H-pyrrole nitrogens is 2. The molecule has 2 aliphatic heterocycles. The molecule has 1 saturated carbocycles. The van der Waals surface area contributed by atoms with Crippen LogP contribution in [0.2, 0.25) is 0 Å². The van der Waals surface area contributed by atoms with Gasteiger partial charge in [-0.2, -0.15) is 0 Å². The molecule has 0 unspecified atom stereocenters. The molecule has 3 N–H and O–H groups in total. The lowest BCUT2D eigenvalue weighted by Crippen LogP contribution is -2.50. The van der Waals surface area contributed by atoms with Crippen molar-refractivity contribution in [1.29, 1.82) is 0 Å². The van der Waals surface area contributed by atoms with Crippen LogP contribution in [0.5, 0.6) is 0 Å². The fourth-order valence-corrected chi connectivity index (χ4v) is 9.78. The number of carbonyl (C=O) groups excluding carboxylic acids is 4. The van der Waals surface area contributed by atoms with Crippen molar-refractivity contribution in [3.8, 4) is 22.5 Å². The Morgan fingerprint density at radius 1 is 0.889 bits per heavy atom. The lowest BCUT2D eigenvalue weighted by atomic mass is 9.97. The molecule has 6 atom stereocenters. The van der Waals surface area contributed by atoms with E-state index in [4.69, 9.17) is 19.4 Å². The van der Waals surface area contributed by atoms with Crippen molar-refractivity contribution >= 4 is 55.5 Å². The normalized spacial score (nSPS) is 21.8. The van der Waals surface area contributed by atoms with Gasteiger partial charge in [0, 0.05) is 50.9 Å². The molecule has 15 heteroatoms. The molecule has 5 aromatic rings. The number of methoxy groups -OCH3 is 2. The topological polar surface area (TPSA) is 166 Å². The zero-order valence-corrected chi connectivity index (χ0v) is 31.7. The zero-order valence-electron chi connectivity index (χ0n) is 30.9. The Morgan fingerprint density at radius 3 is 2.19 bits per heavy atom. The second-order valence-corrected chi connectivity index (χ2v) is 15.7. The first-order valence-electron chi connectivity index (χ1n) is 18.4. The number of hydrogen-bond acceptors (Lipinski definition) is 9. The van der Waals surface area contributed by atoms with Crippen LogP contribution >= 0.6 is 11.3 Å². The average molecular weight is 753 g/mol. The van der Waals surface area contributed by atoms with Crippen LogP contribution in [0.15, 0.2) is 48.8 Å². The van der Waals surface area contributed by atoms with Gasteiger partial charge >= 0.3 is 12.2 Å². The Hall–Kier alpha value is -5.44. The summed E-state index contributed by atoms with van der Waals surface area (Å²) in [4.78, 5) is 72.4. The van der Waals surface area contributed by atoms with E-state index in [2.05, 4.69) is 51.7 Å². The fourth-order valence-electron chi connectivity index (χ4n) is 8.60. The molecule has 0 radical (unpaired) electrons. The lowest BCUT2D eigenvalue weighted by Gasteiger charge is -2.36. The summed E-state index contributed by atoms with van der Waals surface area (Å²) in [6, 6.07) is 11.2. The third kappa shape index (κ3) is 6.13. The number of aromatic nitrogens is 4. The number of fused-ring (bicyclic) bond motifs is 5. The van der Waals surface area contributed by atoms with Crippen LogP contribution in [-0.2, 0) is 19.1 Å². The highest BCUT2D eigenvalue weighted by Crippen LogP contribution is 2.50. The van der Waals surface area contributed by atoms with Gasteiger partial charge in [-0.3, -0.25) is 14.5 Å². The molecule has 54 heavy (non-hydrogen) atoms. The van der Waals surface area contributed by atoms with E-state index in [1.165, 1.54) is 24.5 Å². The van der Waals surface area contributed by atoms with Gasteiger partial charge in [0.1, 0.15) is 23.7 Å². The number of hydrogen-bond donors (Lipinski definition) is 3. The van der Waals surface area contributed by atoms with Crippen LogP contribution in [0.25, 0.3) is 42.7 Å². The first-order chi connectivity index (χ1) is 26.1. The van der Waals surface area contributed by atoms with Gasteiger partial charge in [-0.05, 0) is 64.0 Å². The monoisotopic (exact) mass is 752 g/mol. The summed E-state index contributed by atoms with van der Waals surface area (Å²) in [5, 5.41) is 4.95. The molecule has 1 aliphatic carbocycles. The minimum Gasteiger partial charge on any atom is -0.453 e. The first-order valence-corrected chi connectivity index (χ1v) is 19.2. The first kappa shape index (κ1) is 35.6. The van der Waals surface area contributed by atoms with Gasteiger partial charge in [0.15, 0.2) is 0 Å². The van der Waals surface area contributed by atoms with E-state index >= 15 is 0 Å². The van der Waals surface area contributed by atoms with Crippen LogP contribution in [0, 0.1) is 5.92 Å². The molecule has 4 amide bonds. The molecule has 5 heterocycles. The van der Waals surface area contributed by atoms with E-state index in [9.17, 15) is 19.2 Å². The summed E-state index contributed by atoms with van der Waals surface area (Å²) in [6.45, 7) is 4.00. The quantitative estimate of drug-likeness (QED) is 0.164. The Morgan fingerprint density at radius 2 is 1.54 bits per heavy atom. The van der Waals surface area contributed by atoms with E-state index in [0.717, 1.165) is 81.1 Å². The number of imidazole rings is 2. The van der Waals surface area contributed by atoms with Gasteiger partial charge in [0.05, 0.1) is 50.1 Å². The third-order valence-electron chi connectivity index (χ3n) is 11.5. The Labute approximate surface area is 316 Å². The average Bonchev–Trinajstić information content (AvgIpc) is 4.05. The highest BCUT2D eigenvalue weighted by atomic mass is 32.1. The zero-order chi connectivity index (χ0) is 37.8. The van der Waals surface area contributed by atoms with Gasteiger partial charge < -0.3 is 34.6 Å². The molecular formula is C39H44N8O6S. The van der Waals surface area contributed by atoms with Crippen molar-refractivity contribution in [1.82, 2.24) is 40.0 Å². The summed E-state index contributed by atoms with van der Waals surface area (Å²) in [7, 11) is 4.16. The van der Waals surface area contributed by atoms with Crippen molar-refractivity contribution in [2.24, 2.45) is 5.92 Å². The van der Waals surface area contributed by atoms with E-state index in [0.29, 0.717) is 12.5 Å². The molecule has 2 bridgehead atoms. The number of likely N-dealkylation sites (tertiary alicyclic amines) is 2. The van der Waals surface area contributed by atoms with Crippen LogP contribution in [0.1, 0.15) is 69.7 Å². The second-order valence-electron chi connectivity index (χ2n) is 14.6. The Bertz CT molecular complexity index is 2260. The summed E-state index contributed by atoms with van der Waals surface area (Å²) in [5.74, 6) is 1.55. The van der Waals surface area contributed by atoms with Crippen LogP contribution in [0.3, 0.4) is 0 Å². The molecule has 3 fully saturated rings. The standard InChI is InChI=1S/C39H44N8O6S/c1-20(42-38(50)52-4)36(48)47-25-11-8-24(15-25)33(47)35-41-19-29(44-35)23-10-13-27-26-12-9-22(16-31(26)54-32(27)17-23)28-18-40-34(43-28)30-7-6-14-46(30)37(49)21(2)45(3)39(51)53-5/h9-10,12-13,16-21,24-25,30,33H,6-8,11,14-15H2,1-5H3,(H,40,43)(H,41,44)(H,42,50)/t20-,21-,24-,25+,30-,33-/m0/s1. The molecule has 3 aliphatic rings. The highest BCUT2D eigenvalue weighted by Gasteiger charge is 2.50. The molecule has 8 rings (SSSR count). The van der Waals surface area contributed by atoms with Crippen LogP contribution in [-0.4, -0.2) is 105 Å². The smallest absolute Gasteiger partial charge is 0.409 e. The largest absolute Gasteiger partial charge is 0.453 e. The molecule has 2 saturated heterocycles. The van der Waals surface area contributed by atoms with E-state index in [-0.39, 0.29) is 29.9 Å². The summed E-state index contributed by atoms with van der Waals surface area (Å²) >= 11 is 1.72. The number of thiophene rings is 1. The number of likely N-dealkylation sites (N-methyl/N-ethyl adjacent to an activating group) is 1. The fraction of sp³-hybridized carbons (Fsp3) is 0.436. The van der Waals surface area contributed by atoms with Crippen molar-refractivity contribution in [3.63, 3.8) is 0 Å². The predicted molar refractivity (Wildman–Crippen MR) is 204 cm³/mol. The number of nitrogens with one attached hydrogen (secondary N) is 3. The minimum absolute atomic E-state index is 0.126. The van der Waals surface area contributed by atoms with Gasteiger partial charge in [-0.25, -0.2) is 19.6 Å². The van der Waals surface area contributed by atoms with Crippen molar-refractivity contribution in [2.45, 2.75) is 76.2 Å². The number of piperidine rings is 1. The maximum absolute atomic E-state index is 13.5. The SMILES string of the molecule is COC(=O)N[C@@H](C)C(=O)N1[C@@H]2CC[C@@H](C2)[C@H]1c1ncc(-c2ccc3c(c2)sc2cc(-c4cnc([C@@H]5CCCN5C(=O)[C@H](C)N(C)C(=O)OC)[nH]4)ccc23)[nH]1. The maximum atomic E-state index is 13.5. The summed E-state index contributed by atoms with van der Waals surface area (Å²) in [6.07, 6.45) is 7.06. The van der Waals surface area contributed by atoms with E-state index in [1.807, 2.05) is 17.3 Å². The molecule has 3 aromatic heterocycles. The number of alkyl carbamates (subject to hydrolysis) is 1. The Balaban J connectivity index is 1.01. The van der Waals surface area contributed by atoms with Gasteiger partial charge in [-0.15, -0.1) is 11.3 Å². The minimum atomic E-state index is -0.704. The second kappa shape index (κ2) is 14.1. The Kier molecular flexibility index (Phi) is 9.28. The van der Waals surface area contributed by atoms with E-state index in [1.54, 1.807) is 37.1 Å². The number of carbonyl (C=O) groups is 4. The van der Waals surface area contributed by atoms with Crippen molar-refractivity contribution < 1.29 is 28.7 Å². The molecule has 0 spiro atoms. The summed E-state index contributed by atoms with van der Waals surface area (Å²) in [5.41, 5.74) is 3.77. The van der Waals surface area contributed by atoms with Crippen LogP contribution in [0.4, 0.5) is 9.59 Å². The van der Waals surface area contributed by atoms with Gasteiger partial charge in [0.25, 0.3) is 0 Å². The van der Waals surface area contributed by atoms with E-state index < -0.39 is 24.3 Å². The maximum Gasteiger partial charge on any atom is 0.409 e. The molecule has 282 valence electrons. The van der Waals surface area contributed by atoms with Gasteiger partial charge in [0.2, 0.25) is 11.8 Å². The number of aromatic amines is 2. The van der Waals surface area contributed by atoms with Crippen molar-refractivity contribution in [3.05, 3.63) is 60.4 Å². The third-order valence-corrected chi connectivity index (χ3v) is 12.7. The van der Waals surface area contributed by atoms with Crippen molar-refractivity contribution in [2.75, 3.05) is 27.8 Å². The molecule has 2 aromatic carbocycles. The predicted octanol–water partition coefficient (Wildman–Crippen LogP) is 6.38. The number of amides is 4. The van der Waals surface area contributed by atoms with Gasteiger partial charge in [-0.1, -0.05) is 24.3 Å².